The molecule has 52 heavy (non-hydrogen) atoms. The van der Waals surface area contributed by atoms with E-state index in [1.54, 1.807) is 43.6 Å². The lowest BCUT2D eigenvalue weighted by Crippen LogP contribution is -2.39. The Morgan fingerprint density at radius 2 is 1.94 bits per heavy atom. The molecule has 3 heterocycles. The molecule has 5 rings (SSSR count). The van der Waals surface area contributed by atoms with Gasteiger partial charge in [-0.05, 0) is 81.8 Å². The molecule has 286 valence electrons. The van der Waals surface area contributed by atoms with Gasteiger partial charge in [-0.2, -0.15) is 0 Å². The first-order valence-corrected chi connectivity index (χ1v) is 20.9. The van der Waals surface area contributed by atoms with Gasteiger partial charge in [-0.25, -0.2) is 4.98 Å². The first-order valence-electron chi connectivity index (χ1n) is 19.1. The zero-order valence-electron chi connectivity index (χ0n) is 32.1. The molecule has 1 aromatic carbocycles. The summed E-state index contributed by atoms with van der Waals surface area (Å²) in [6, 6.07) is 6.87. The summed E-state index contributed by atoms with van der Waals surface area (Å²) in [5, 5.41) is 3.52. The highest BCUT2D eigenvalue weighted by atomic mass is 32.2. The van der Waals surface area contributed by atoms with Crippen LogP contribution in [0.5, 0.6) is 5.75 Å². The summed E-state index contributed by atoms with van der Waals surface area (Å²) in [6.45, 7) is 10.9. The highest BCUT2D eigenvalue weighted by Crippen LogP contribution is 2.43. The number of Topliss-reactive ketones (excluding diaryl/α,β-unsaturated/α-hetero) is 1. The van der Waals surface area contributed by atoms with E-state index in [0.717, 1.165) is 83.9 Å². The molecular weight excluding hydrogens is 693 g/mol. The second kappa shape index (κ2) is 23.3. The average molecular weight is 753 g/mol. The number of hydrogen-bond donors (Lipinski definition) is 2. The number of rotatable bonds is 18. The number of carbonyl (C=O) groups excluding carboxylic acids is 3. The molecule has 3 atom stereocenters. The smallest absolute Gasteiger partial charge is 0.223 e. The minimum atomic E-state index is -0.137. The number of H-pyrrole nitrogens is 1. The van der Waals surface area contributed by atoms with Crippen molar-refractivity contribution in [1.29, 1.82) is 0 Å². The SMILES string of the molecule is CCCC1C[C@H]1/C=C\CCCCCCC(=O)N1CCCC1C(C)=O.CCCSNC=O.COc1ccc2c(=O)cc(-c3nc(C(C)C)cs3)[nH]c2c1. The number of fused-ring (bicyclic) bond motifs is 1. The van der Waals surface area contributed by atoms with Crippen molar-refractivity contribution in [2.45, 2.75) is 124 Å². The molecule has 2 N–H and O–H groups in total. The van der Waals surface area contributed by atoms with Gasteiger partial charge in [-0.15, -0.1) is 11.3 Å². The van der Waals surface area contributed by atoms with Crippen LogP contribution < -0.4 is 14.9 Å². The van der Waals surface area contributed by atoms with Gasteiger partial charge in [0.15, 0.2) is 11.2 Å². The number of allylic oxidation sites excluding steroid dienone is 2. The zero-order valence-corrected chi connectivity index (χ0v) is 33.7. The van der Waals surface area contributed by atoms with Crippen LogP contribution >= 0.6 is 23.3 Å². The summed E-state index contributed by atoms with van der Waals surface area (Å²) in [7, 11) is 1.61. The van der Waals surface area contributed by atoms with Crippen molar-refractivity contribution in [3.8, 4) is 16.5 Å². The van der Waals surface area contributed by atoms with E-state index in [-0.39, 0.29) is 23.2 Å². The molecule has 0 bridgehead atoms. The molecule has 1 saturated carbocycles. The first kappa shape index (κ1) is 43.0. The molecule has 1 saturated heterocycles. The fourth-order valence-corrected chi connectivity index (χ4v) is 7.69. The van der Waals surface area contributed by atoms with Crippen LogP contribution in [0.15, 0.2) is 46.6 Å². The number of benzene rings is 1. The quantitative estimate of drug-likeness (QED) is 0.0575. The summed E-state index contributed by atoms with van der Waals surface area (Å²) in [6.07, 6.45) is 18.9. The monoisotopic (exact) mass is 752 g/mol. The van der Waals surface area contributed by atoms with E-state index in [0.29, 0.717) is 24.1 Å². The third kappa shape index (κ3) is 14.2. The van der Waals surface area contributed by atoms with Crippen LogP contribution in [-0.4, -0.2) is 58.4 Å². The summed E-state index contributed by atoms with van der Waals surface area (Å²) < 4.78 is 7.69. The number of nitrogens with zero attached hydrogens (tertiary/aromatic N) is 2. The number of aromatic amines is 1. The van der Waals surface area contributed by atoms with E-state index in [4.69, 9.17) is 4.74 Å². The summed E-state index contributed by atoms with van der Waals surface area (Å²) >= 11 is 2.98. The minimum absolute atomic E-state index is 0.0114. The molecule has 2 aliphatic rings. The van der Waals surface area contributed by atoms with Crippen molar-refractivity contribution in [3.05, 3.63) is 57.7 Å². The van der Waals surface area contributed by atoms with Gasteiger partial charge in [0.2, 0.25) is 12.3 Å². The number of nitrogens with one attached hydrogen (secondary N) is 2. The van der Waals surface area contributed by atoms with Crippen LogP contribution in [0.4, 0.5) is 0 Å². The normalized spacial score (nSPS) is 17.8. The van der Waals surface area contributed by atoms with Gasteiger partial charge in [-0.1, -0.05) is 77.5 Å². The Morgan fingerprint density at radius 1 is 1.15 bits per heavy atom. The van der Waals surface area contributed by atoms with Gasteiger partial charge < -0.3 is 19.3 Å². The zero-order chi connectivity index (χ0) is 37.9. The van der Waals surface area contributed by atoms with Crippen LogP contribution in [0.2, 0.25) is 0 Å². The van der Waals surface area contributed by atoms with Gasteiger partial charge in [0.05, 0.1) is 30.1 Å². The van der Waals surface area contributed by atoms with E-state index in [2.05, 4.69) is 54.5 Å². The molecule has 2 unspecified atom stereocenters. The van der Waals surface area contributed by atoms with Crippen molar-refractivity contribution >= 4 is 52.3 Å². The Kier molecular flexibility index (Phi) is 19.2. The number of amides is 2. The number of methoxy groups -OCH3 is 1. The van der Waals surface area contributed by atoms with Crippen molar-refractivity contribution in [2.24, 2.45) is 11.8 Å². The number of carbonyl (C=O) groups is 3. The molecule has 0 spiro atoms. The lowest BCUT2D eigenvalue weighted by atomic mass is 10.1. The van der Waals surface area contributed by atoms with Crippen molar-refractivity contribution in [3.63, 3.8) is 0 Å². The molecule has 11 heteroatoms. The van der Waals surface area contributed by atoms with Gasteiger partial charge in [0.25, 0.3) is 0 Å². The Balaban J connectivity index is 0.000000239. The molecule has 1 aliphatic heterocycles. The average Bonchev–Trinajstić information content (AvgIpc) is 3.48. The largest absolute Gasteiger partial charge is 0.497 e. The van der Waals surface area contributed by atoms with Gasteiger partial charge >= 0.3 is 0 Å². The van der Waals surface area contributed by atoms with Crippen LogP contribution in [0.1, 0.15) is 123 Å². The summed E-state index contributed by atoms with van der Waals surface area (Å²) in [5.41, 5.74) is 2.54. The van der Waals surface area contributed by atoms with Crippen LogP contribution in [-0.2, 0) is 14.4 Å². The molecule has 3 aromatic rings. The predicted molar refractivity (Wildman–Crippen MR) is 217 cm³/mol. The van der Waals surface area contributed by atoms with Crippen molar-refractivity contribution in [1.82, 2.24) is 19.6 Å². The molecule has 2 aromatic heterocycles. The number of likely N-dealkylation sites (tertiary alicyclic amines) is 1. The maximum atomic E-state index is 12.2. The minimum Gasteiger partial charge on any atom is -0.497 e. The van der Waals surface area contributed by atoms with Crippen LogP contribution in [0.3, 0.4) is 0 Å². The lowest BCUT2D eigenvalue weighted by molar-refractivity contribution is -0.137. The third-order valence-corrected chi connectivity index (χ3v) is 11.2. The summed E-state index contributed by atoms with van der Waals surface area (Å²) in [5.74, 6) is 4.27. The van der Waals surface area contributed by atoms with Crippen molar-refractivity contribution in [2.75, 3.05) is 19.4 Å². The van der Waals surface area contributed by atoms with Crippen LogP contribution in [0, 0.1) is 11.8 Å². The van der Waals surface area contributed by atoms with E-state index in [1.165, 1.54) is 50.5 Å². The fraction of sp³-hybridized carbons (Fsp3) is 0.585. The van der Waals surface area contributed by atoms with Gasteiger partial charge in [0, 0.05) is 41.6 Å². The Bertz CT molecular complexity index is 1630. The molecule has 0 radical (unpaired) electrons. The molecule has 2 amide bonds. The van der Waals surface area contributed by atoms with Crippen LogP contribution in [0.25, 0.3) is 21.6 Å². The van der Waals surface area contributed by atoms with E-state index < -0.39 is 0 Å². The maximum absolute atomic E-state index is 12.2. The fourth-order valence-electron chi connectivity index (χ4n) is 6.35. The van der Waals surface area contributed by atoms with Crippen molar-refractivity contribution < 1.29 is 19.1 Å². The molecule has 9 nitrogen and oxygen atoms in total. The molecular formula is C41H60N4O5S2. The topological polar surface area (TPSA) is 121 Å². The number of unbranched alkanes of at least 4 members (excludes halogenated alkanes) is 4. The van der Waals surface area contributed by atoms with Gasteiger partial charge in [0.1, 0.15) is 10.8 Å². The maximum Gasteiger partial charge on any atom is 0.223 e. The summed E-state index contributed by atoms with van der Waals surface area (Å²) in [4.78, 5) is 55.2. The van der Waals surface area contributed by atoms with E-state index in [1.807, 2.05) is 16.3 Å². The first-order chi connectivity index (χ1) is 25.1. The Labute approximate surface area is 318 Å². The number of thiazole rings is 1. The highest BCUT2D eigenvalue weighted by molar-refractivity contribution is 7.97. The predicted octanol–water partition coefficient (Wildman–Crippen LogP) is 9.47. The number of ether oxygens (including phenoxy) is 1. The van der Waals surface area contributed by atoms with E-state index in [9.17, 15) is 19.2 Å². The second-order valence-corrected chi connectivity index (χ2v) is 15.8. The Morgan fingerprint density at radius 3 is 2.62 bits per heavy atom. The molecule has 2 fully saturated rings. The number of ketones is 1. The van der Waals surface area contributed by atoms with Gasteiger partial charge in [-0.3, -0.25) is 19.2 Å². The second-order valence-electron chi connectivity index (χ2n) is 14.0. The van der Waals surface area contributed by atoms with E-state index >= 15 is 0 Å². The number of pyridine rings is 1. The highest BCUT2D eigenvalue weighted by Gasteiger charge is 2.33. The number of aromatic nitrogens is 2. The molecule has 1 aliphatic carbocycles. The Hall–Kier alpha value is -3.44. The standard InChI is InChI=1S/C21H35NO2.C16H16N2O2S.C4H9NOS/c1-3-11-18-16-19(18)12-8-6-4-5-7-9-14-21(24)22-15-10-13-20(22)17(2)23;1-9(2)14-8-21-16(18-14)13-7-15(19)11-5-4-10(20-3)6-12(11)17-13;1-2-3-7-5-4-6/h8,12,18-20H,3-7,9-11,13-16H2,1-2H3;4-9H,1-3H3,(H,17,19);4H,2-3H2,1H3,(H,5,6)/b12-8-;;/t18?,19-,20?;;/m1../s1. The lowest BCUT2D eigenvalue weighted by Gasteiger charge is -2.22. The third-order valence-electron chi connectivity index (χ3n) is 9.39. The number of hydrogen-bond acceptors (Lipinski definition) is 8.